The van der Waals surface area contributed by atoms with E-state index in [9.17, 15) is 24.0 Å². The molecule has 1 fully saturated rings. The van der Waals surface area contributed by atoms with Crippen molar-refractivity contribution in [3.8, 4) is 0 Å². The zero-order valence-electron chi connectivity index (χ0n) is 30.0. The van der Waals surface area contributed by atoms with Crippen LogP contribution in [0.3, 0.4) is 0 Å². The molecule has 0 saturated carbocycles. The Hall–Kier alpha value is -4.73. The van der Waals surface area contributed by atoms with Crippen LogP contribution in [0.1, 0.15) is 99.7 Å². The number of aryl methyl sites for hydroxylation is 1. The van der Waals surface area contributed by atoms with Crippen molar-refractivity contribution in [1.29, 1.82) is 0 Å². The maximum Gasteiger partial charge on any atom is 0.329 e. The third-order valence-corrected chi connectivity index (χ3v) is 9.77. The number of hydrogen-bond acceptors (Lipinski definition) is 6. The van der Waals surface area contributed by atoms with Gasteiger partial charge in [0.05, 0.1) is 11.3 Å². The van der Waals surface area contributed by atoms with Crippen LogP contribution >= 0.6 is 0 Å². The molecular formula is C40H50N4O6. The molecule has 2 aliphatic rings. The van der Waals surface area contributed by atoms with Crippen molar-refractivity contribution >= 4 is 23.7 Å². The van der Waals surface area contributed by atoms with Gasteiger partial charge in [-0.25, -0.2) is 4.79 Å². The van der Waals surface area contributed by atoms with E-state index < -0.39 is 34.9 Å². The standard InChI is InChI=1S/C40H50N4O6/c1-26(2)25-33(37(48)50-39(3,4)5)42-38(49)40(27-13-8-7-9-14-27)21-18-30(29-15-10-11-17-32(29)40)36(47)44-23-19-28(20-24-44)41-34(45)31-16-12-22-43(6)35(31)46/h7-17,22,26,28,30,33H,18-21,23-25H2,1-6H3,(H,41,45)(H,42,49)/t30-,33-,40+/m0/s1. The van der Waals surface area contributed by atoms with Crippen molar-refractivity contribution in [2.45, 2.75) is 95.7 Å². The first-order valence-electron chi connectivity index (χ1n) is 17.7. The molecule has 2 N–H and O–H groups in total. The highest BCUT2D eigenvalue weighted by Crippen LogP contribution is 2.48. The third kappa shape index (κ3) is 7.85. The van der Waals surface area contributed by atoms with Gasteiger partial charge < -0.3 is 24.8 Å². The van der Waals surface area contributed by atoms with Crippen molar-refractivity contribution in [2.75, 3.05) is 13.1 Å². The lowest BCUT2D eigenvalue weighted by molar-refractivity contribution is -0.159. The van der Waals surface area contributed by atoms with Crippen LogP contribution in [0.4, 0.5) is 0 Å². The number of benzene rings is 2. The first-order chi connectivity index (χ1) is 23.7. The monoisotopic (exact) mass is 682 g/mol. The van der Waals surface area contributed by atoms with E-state index in [0.29, 0.717) is 45.2 Å². The molecule has 10 heteroatoms. The molecule has 1 aliphatic carbocycles. The minimum Gasteiger partial charge on any atom is -0.458 e. The summed E-state index contributed by atoms with van der Waals surface area (Å²) in [6.07, 6.45) is 3.97. The van der Waals surface area contributed by atoms with E-state index in [1.165, 1.54) is 10.6 Å². The van der Waals surface area contributed by atoms with Crippen LogP contribution in [0.5, 0.6) is 0 Å². The summed E-state index contributed by atoms with van der Waals surface area (Å²) in [7, 11) is 1.61. The predicted octanol–water partition coefficient (Wildman–Crippen LogP) is 4.84. The van der Waals surface area contributed by atoms with Crippen LogP contribution in [-0.4, -0.2) is 63.9 Å². The first-order valence-corrected chi connectivity index (χ1v) is 17.7. The Morgan fingerprint density at radius 2 is 1.58 bits per heavy atom. The van der Waals surface area contributed by atoms with Crippen molar-refractivity contribution in [3.63, 3.8) is 0 Å². The van der Waals surface area contributed by atoms with E-state index in [-0.39, 0.29) is 34.9 Å². The molecule has 0 radical (unpaired) electrons. The Balaban J connectivity index is 1.38. The molecule has 0 spiro atoms. The molecule has 1 saturated heterocycles. The number of piperidine rings is 1. The number of amides is 3. The van der Waals surface area contributed by atoms with Crippen molar-refractivity contribution in [1.82, 2.24) is 20.1 Å². The van der Waals surface area contributed by atoms with Crippen LogP contribution < -0.4 is 16.2 Å². The van der Waals surface area contributed by atoms with E-state index in [4.69, 9.17) is 4.74 Å². The number of carbonyl (C=O) groups excluding carboxylic acids is 4. The van der Waals surface area contributed by atoms with Gasteiger partial charge in [0.1, 0.15) is 17.2 Å². The van der Waals surface area contributed by atoms with Gasteiger partial charge in [0, 0.05) is 32.4 Å². The summed E-state index contributed by atoms with van der Waals surface area (Å²) in [4.78, 5) is 69.5. The molecule has 3 amide bonds. The van der Waals surface area contributed by atoms with Gasteiger partial charge in [-0.3, -0.25) is 19.2 Å². The van der Waals surface area contributed by atoms with Crippen LogP contribution in [-0.2, 0) is 31.6 Å². The van der Waals surface area contributed by atoms with Crippen LogP contribution in [0.25, 0.3) is 0 Å². The molecule has 2 aromatic carbocycles. The van der Waals surface area contributed by atoms with Gasteiger partial charge in [-0.2, -0.15) is 0 Å². The lowest BCUT2D eigenvalue weighted by Gasteiger charge is -2.43. The molecule has 5 rings (SSSR count). The highest BCUT2D eigenvalue weighted by Gasteiger charge is 2.50. The molecule has 50 heavy (non-hydrogen) atoms. The van der Waals surface area contributed by atoms with Gasteiger partial charge in [-0.1, -0.05) is 68.4 Å². The van der Waals surface area contributed by atoms with E-state index in [0.717, 1.165) is 16.7 Å². The SMILES string of the molecule is CC(C)C[C@H](NC(=O)[C@@]1(c2ccccc2)CC[C@H](C(=O)N2CCC(NC(=O)c3cccn(C)c3=O)CC2)c2ccccc21)C(=O)OC(C)(C)C. The number of nitrogens with one attached hydrogen (secondary N) is 2. The summed E-state index contributed by atoms with van der Waals surface area (Å²) >= 11 is 0. The molecule has 1 aromatic heterocycles. The zero-order chi connectivity index (χ0) is 36.2. The van der Waals surface area contributed by atoms with Gasteiger partial charge in [-0.15, -0.1) is 0 Å². The Kier molecular flexibility index (Phi) is 11.0. The fourth-order valence-electron chi connectivity index (χ4n) is 7.32. The van der Waals surface area contributed by atoms with Gasteiger partial charge in [0.25, 0.3) is 11.5 Å². The number of nitrogens with zero attached hydrogens (tertiary/aromatic N) is 2. The Bertz CT molecular complexity index is 1770. The Morgan fingerprint density at radius 3 is 2.24 bits per heavy atom. The molecule has 3 atom stereocenters. The molecular weight excluding hydrogens is 632 g/mol. The number of rotatable bonds is 9. The van der Waals surface area contributed by atoms with Gasteiger partial charge in [0.2, 0.25) is 11.8 Å². The summed E-state index contributed by atoms with van der Waals surface area (Å²) in [6, 6.07) is 19.5. The van der Waals surface area contributed by atoms with Crippen LogP contribution in [0.2, 0.25) is 0 Å². The molecule has 1 aliphatic heterocycles. The second-order valence-corrected chi connectivity index (χ2v) is 15.0. The fourth-order valence-corrected chi connectivity index (χ4v) is 7.32. The number of esters is 1. The lowest BCUT2D eigenvalue weighted by Crippen LogP contribution is -2.55. The number of fused-ring (bicyclic) bond motifs is 1. The smallest absolute Gasteiger partial charge is 0.329 e. The quantitative estimate of drug-likeness (QED) is 0.311. The molecule has 2 heterocycles. The van der Waals surface area contributed by atoms with Crippen molar-refractivity contribution < 1.29 is 23.9 Å². The summed E-state index contributed by atoms with van der Waals surface area (Å²) in [5.41, 5.74) is 0.266. The van der Waals surface area contributed by atoms with E-state index >= 15 is 0 Å². The average Bonchev–Trinajstić information content (AvgIpc) is 3.08. The van der Waals surface area contributed by atoms with E-state index in [1.807, 2.05) is 94.1 Å². The second-order valence-electron chi connectivity index (χ2n) is 15.0. The number of likely N-dealkylation sites (tertiary alicyclic amines) is 1. The summed E-state index contributed by atoms with van der Waals surface area (Å²) in [5, 5.41) is 6.08. The van der Waals surface area contributed by atoms with Gasteiger partial charge >= 0.3 is 5.97 Å². The highest BCUT2D eigenvalue weighted by atomic mass is 16.6. The maximum absolute atomic E-state index is 14.7. The van der Waals surface area contributed by atoms with Crippen LogP contribution in [0.15, 0.2) is 77.7 Å². The summed E-state index contributed by atoms with van der Waals surface area (Å²) < 4.78 is 7.11. The summed E-state index contributed by atoms with van der Waals surface area (Å²) in [5.74, 6) is -1.49. The minimum absolute atomic E-state index is 0.00679. The molecule has 10 nitrogen and oxygen atoms in total. The number of aromatic nitrogens is 1. The molecule has 0 unspecified atom stereocenters. The maximum atomic E-state index is 14.7. The zero-order valence-corrected chi connectivity index (χ0v) is 30.0. The van der Waals surface area contributed by atoms with E-state index in [1.54, 1.807) is 19.3 Å². The Morgan fingerprint density at radius 1 is 0.920 bits per heavy atom. The highest BCUT2D eigenvalue weighted by molar-refractivity contribution is 5.97. The van der Waals surface area contributed by atoms with Crippen molar-refractivity contribution in [3.05, 3.63) is 106 Å². The number of carbonyl (C=O) groups is 4. The number of pyridine rings is 1. The topological polar surface area (TPSA) is 127 Å². The Labute approximate surface area is 294 Å². The molecule has 0 bridgehead atoms. The van der Waals surface area contributed by atoms with E-state index in [2.05, 4.69) is 10.6 Å². The second kappa shape index (κ2) is 15.0. The van der Waals surface area contributed by atoms with Gasteiger partial charge in [0.15, 0.2) is 0 Å². The van der Waals surface area contributed by atoms with Crippen LogP contribution in [0, 0.1) is 5.92 Å². The number of ether oxygens (including phenoxy) is 1. The lowest BCUT2D eigenvalue weighted by atomic mass is 9.62. The normalized spacial score (nSPS) is 20.1. The molecule has 3 aromatic rings. The largest absolute Gasteiger partial charge is 0.458 e. The van der Waals surface area contributed by atoms with Gasteiger partial charge in [-0.05, 0) is 87.6 Å². The number of hydrogen-bond donors (Lipinski definition) is 2. The fraction of sp³-hybridized carbons (Fsp3) is 0.475. The first kappa shape index (κ1) is 36.5. The minimum atomic E-state index is -1.13. The third-order valence-electron chi connectivity index (χ3n) is 9.77. The van der Waals surface area contributed by atoms with Crippen molar-refractivity contribution in [2.24, 2.45) is 13.0 Å². The summed E-state index contributed by atoms with van der Waals surface area (Å²) in [6.45, 7) is 10.4. The average molecular weight is 683 g/mol. The predicted molar refractivity (Wildman–Crippen MR) is 192 cm³/mol. The molecule has 266 valence electrons.